The zero-order chi connectivity index (χ0) is 19.1. The van der Waals surface area contributed by atoms with Crippen molar-refractivity contribution in [1.29, 1.82) is 0 Å². The van der Waals surface area contributed by atoms with E-state index < -0.39 is 0 Å². The molecule has 0 fully saturated rings. The third-order valence-electron chi connectivity index (χ3n) is 4.41. The maximum atomic E-state index is 13.1. The van der Waals surface area contributed by atoms with Crippen LogP contribution in [0.4, 0.5) is 5.69 Å². The van der Waals surface area contributed by atoms with E-state index in [0.717, 1.165) is 28.0 Å². The van der Waals surface area contributed by atoms with Crippen LogP contribution in [0, 0.1) is 6.92 Å². The van der Waals surface area contributed by atoms with Crippen LogP contribution in [0.1, 0.15) is 62.3 Å². The van der Waals surface area contributed by atoms with Crippen molar-refractivity contribution in [2.24, 2.45) is 0 Å². The smallest absolute Gasteiger partial charge is 0.256 e. The summed E-state index contributed by atoms with van der Waals surface area (Å²) < 4.78 is 1.85. The first-order chi connectivity index (χ1) is 12.2. The zero-order valence-corrected chi connectivity index (χ0v) is 16.3. The lowest BCUT2D eigenvalue weighted by Gasteiger charge is -2.23. The van der Waals surface area contributed by atoms with Gasteiger partial charge in [-0.25, -0.2) is 9.67 Å². The summed E-state index contributed by atoms with van der Waals surface area (Å²) in [5, 5.41) is 8.28. The summed E-state index contributed by atoms with van der Waals surface area (Å²) in [5.74, 6) is -0.138. The second-order valence-electron chi connectivity index (χ2n) is 7.98. The number of rotatable bonds is 3. The number of hydrogen-bond donors (Lipinski definition) is 1. The molecule has 1 aromatic carbocycles. The molecule has 0 saturated carbocycles. The Bertz CT molecular complexity index is 964. The van der Waals surface area contributed by atoms with Crippen molar-refractivity contribution in [3.8, 4) is 0 Å². The second kappa shape index (κ2) is 6.56. The van der Waals surface area contributed by atoms with E-state index in [1.54, 1.807) is 6.20 Å². The van der Waals surface area contributed by atoms with Crippen LogP contribution in [0.25, 0.3) is 11.0 Å². The van der Waals surface area contributed by atoms with Gasteiger partial charge in [-0.05, 0) is 43.9 Å². The van der Waals surface area contributed by atoms with Crippen molar-refractivity contribution in [2.45, 2.75) is 53.0 Å². The Morgan fingerprint density at radius 1 is 1.19 bits per heavy atom. The van der Waals surface area contributed by atoms with Crippen LogP contribution in [-0.2, 0) is 5.41 Å². The highest BCUT2D eigenvalue weighted by Gasteiger charge is 2.21. The van der Waals surface area contributed by atoms with Crippen molar-refractivity contribution in [2.75, 3.05) is 5.32 Å². The maximum absolute atomic E-state index is 13.1. The number of fused-ring (bicyclic) bond motifs is 1. The highest BCUT2D eigenvalue weighted by atomic mass is 16.1. The van der Waals surface area contributed by atoms with Gasteiger partial charge in [0.05, 0.1) is 17.1 Å². The summed E-state index contributed by atoms with van der Waals surface area (Å²) in [6.45, 7) is 12.4. The molecule has 5 heteroatoms. The molecule has 26 heavy (non-hydrogen) atoms. The molecular formula is C21H26N4O. The number of carbonyl (C=O) groups is 1. The van der Waals surface area contributed by atoms with Gasteiger partial charge in [0.2, 0.25) is 0 Å². The molecule has 5 nitrogen and oxygen atoms in total. The van der Waals surface area contributed by atoms with Gasteiger partial charge in [-0.2, -0.15) is 5.10 Å². The van der Waals surface area contributed by atoms with Crippen molar-refractivity contribution in [3.05, 3.63) is 53.3 Å². The predicted octanol–water partition coefficient (Wildman–Crippen LogP) is 4.87. The molecule has 1 N–H and O–H groups in total. The number of pyridine rings is 1. The topological polar surface area (TPSA) is 59.8 Å². The van der Waals surface area contributed by atoms with Crippen LogP contribution < -0.4 is 5.32 Å². The molecule has 0 bridgehead atoms. The van der Waals surface area contributed by atoms with Gasteiger partial charge >= 0.3 is 0 Å². The first kappa shape index (κ1) is 18.1. The fourth-order valence-electron chi connectivity index (χ4n) is 3.14. The van der Waals surface area contributed by atoms with Crippen molar-refractivity contribution in [3.63, 3.8) is 0 Å². The highest BCUT2D eigenvalue weighted by Crippen LogP contribution is 2.30. The van der Waals surface area contributed by atoms with Crippen LogP contribution in [0.3, 0.4) is 0 Å². The lowest BCUT2D eigenvalue weighted by molar-refractivity contribution is 0.102. The molecule has 3 aromatic rings. The molecule has 2 aromatic heterocycles. The zero-order valence-electron chi connectivity index (χ0n) is 16.3. The number of aromatic nitrogens is 3. The first-order valence-electron chi connectivity index (χ1n) is 8.94. The van der Waals surface area contributed by atoms with E-state index in [-0.39, 0.29) is 17.4 Å². The van der Waals surface area contributed by atoms with E-state index in [1.807, 2.05) is 35.9 Å². The standard InChI is InChI=1S/C21H26N4O/c1-13(2)25-19-16(12-22-25)15(11-14(3)23-19)20(26)24-18-10-8-7-9-17(18)21(4,5)6/h7-13H,1-6H3,(H,24,26). The summed E-state index contributed by atoms with van der Waals surface area (Å²) in [4.78, 5) is 17.6. The monoisotopic (exact) mass is 350 g/mol. The summed E-state index contributed by atoms with van der Waals surface area (Å²) in [6.07, 6.45) is 1.73. The minimum absolute atomic E-state index is 0.0596. The van der Waals surface area contributed by atoms with Gasteiger partial charge in [-0.15, -0.1) is 0 Å². The lowest BCUT2D eigenvalue weighted by atomic mass is 9.86. The Morgan fingerprint density at radius 2 is 1.88 bits per heavy atom. The Hall–Kier alpha value is -2.69. The van der Waals surface area contributed by atoms with Gasteiger partial charge in [-0.1, -0.05) is 39.0 Å². The number of benzene rings is 1. The van der Waals surface area contributed by atoms with Crippen molar-refractivity contribution >= 4 is 22.6 Å². The molecule has 0 spiro atoms. The van der Waals surface area contributed by atoms with Crippen molar-refractivity contribution < 1.29 is 4.79 Å². The van der Waals surface area contributed by atoms with E-state index in [1.165, 1.54) is 0 Å². The molecule has 0 atom stereocenters. The Labute approximate surface area is 154 Å². The Kier molecular flexibility index (Phi) is 4.57. The molecule has 1 amide bonds. The Balaban J connectivity index is 2.05. The quantitative estimate of drug-likeness (QED) is 0.733. The third kappa shape index (κ3) is 3.34. The van der Waals surface area contributed by atoms with Gasteiger partial charge < -0.3 is 5.32 Å². The molecule has 2 heterocycles. The number of para-hydroxylation sites is 1. The SMILES string of the molecule is Cc1cc(C(=O)Nc2ccccc2C(C)(C)C)c2cnn(C(C)C)c2n1. The van der Waals surface area contributed by atoms with Gasteiger partial charge in [-0.3, -0.25) is 4.79 Å². The van der Waals surface area contributed by atoms with E-state index in [9.17, 15) is 4.79 Å². The number of anilines is 1. The van der Waals surface area contributed by atoms with Crippen molar-refractivity contribution in [1.82, 2.24) is 14.8 Å². The molecular weight excluding hydrogens is 324 g/mol. The number of carbonyl (C=O) groups excluding carboxylic acids is 1. The Morgan fingerprint density at radius 3 is 2.54 bits per heavy atom. The summed E-state index contributed by atoms with van der Waals surface area (Å²) >= 11 is 0. The van der Waals surface area contributed by atoms with Crippen LogP contribution in [0.5, 0.6) is 0 Å². The minimum Gasteiger partial charge on any atom is -0.322 e. The number of aryl methyl sites for hydroxylation is 1. The molecule has 3 rings (SSSR count). The molecule has 0 aliphatic heterocycles. The minimum atomic E-state index is -0.138. The molecule has 0 saturated heterocycles. The lowest BCUT2D eigenvalue weighted by Crippen LogP contribution is -2.19. The number of nitrogens with one attached hydrogen (secondary N) is 1. The average molecular weight is 350 g/mol. The van der Waals surface area contributed by atoms with Crippen LogP contribution in [0.2, 0.25) is 0 Å². The van der Waals surface area contributed by atoms with Gasteiger partial charge in [0.1, 0.15) is 0 Å². The first-order valence-corrected chi connectivity index (χ1v) is 8.94. The van der Waals surface area contributed by atoms with E-state index in [2.05, 4.69) is 56.1 Å². The molecule has 136 valence electrons. The summed E-state index contributed by atoms with van der Waals surface area (Å²) in [5.41, 5.74) is 4.03. The molecule has 0 radical (unpaired) electrons. The van der Waals surface area contributed by atoms with E-state index in [4.69, 9.17) is 0 Å². The second-order valence-corrected chi connectivity index (χ2v) is 7.98. The van der Waals surface area contributed by atoms with Crippen LogP contribution in [-0.4, -0.2) is 20.7 Å². The fraction of sp³-hybridized carbons (Fsp3) is 0.381. The number of nitrogens with zero attached hydrogens (tertiary/aromatic N) is 3. The summed E-state index contributed by atoms with van der Waals surface area (Å²) in [7, 11) is 0. The van der Waals surface area contributed by atoms with Crippen LogP contribution in [0.15, 0.2) is 36.5 Å². The largest absolute Gasteiger partial charge is 0.322 e. The predicted molar refractivity (Wildman–Crippen MR) is 106 cm³/mol. The molecule has 0 unspecified atom stereocenters. The number of hydrogen-bond acceptors (Lipinski definition) is 3. The highest BCUT2D eigenvalue weighted by molar-refractivity contribution is 6.12. The third-order valence-corrected chi connectivity index (χ3v) is 4.41. The molecule has 0 aliphatic rings. The van der Waals surface area contributed by atoms with Crippen LogP contribution >= 0.6 is 0 Å². The molecule has 0 aliphatic carbocycles. The van der Waals surface area contributed by atoms with E-state index >= 15 is 0 Å². The number of amides is 1. The normalized spacial score (nSPS) is 12.0. The fourth-order valence-corrected chi connectivity index (χ4v) is 3.14. The van der Waals surface area contributed by atoms with Gasteiger partial charge in [0.25, 0.3) is 5.91 Å². The average Bonchev–Trinajstić information content (AvgIpc) is 2.97. The van der Waals surface area contributed by atoms with Gasteiger partial charge in [0.15, 0.2) is 5.65 Å². The summed E-state index contributed by atoms with van der Waals surface area (Å²) in [6, 6.07) is 9.94. The van der Waals surface area contributed by atoms with Gasteiger partial charge in [0, 0.05) is 17.4 Å². The maximum Gasteiger partial charge on any atom is 0.256 e. The van der Waals surface area contributed by atoms with E-state index in [0.29, 0.717) is 5.56 Å².